The molecule has 1 unspecified atom stereocenters. The molecular weight excluding hydrogens is 386 g/mol. The van der Waals surface area contributed by atoms with Crippen LogP contribution in [0.5, 0.6) is 5.75 Å². The largest absolute Gasteiger partial charge is 0.492 e. The third-order valence-electron chi connectivity index (χ3n) is 4.20. The molecule has 0 spiro atoms. The van der Waals surface area contributed by atoms with E-state index in [2.05, 4.69) is 10.3 Å². The monoisotopic (exact) mass is 409 g/mol. The maximum absolute atomic E-state index is 13.3. The van der Waals surface area contributed by atoms with Crippen molar-refractivity contribution in [2.75, 3.05) is 11.9 Å². The molecule has 0 fully saturated rings. The van der Waals surface area contributed by atoms with Crippen LogP contribution in [-0.4, -0.2) is 22.1 Å². The average molecular weight is 410 g/mol. The van der Waals surface area contributed by atoms with Crippen molar-refractivity contribution in [2.24, 2.45) is 0 Å². The molecule has 1 atom stereocenters. The topological polar surface area (TPSA) is 73.2 Å². The smallest absolute Gasteiger partial charge is 0.273 e. The Bertz CT molecular complexity index is 1020. The molecule has 1 amide bonds. The predicted molar refractivity (Wildman–Crippen MR) is 115 cm³/mol. The molecule has 0 aliphatic carbocycles. The molecule has 1 N–H and O–H groups in total. The number of anilines is 1. The number of rotatable bonds is 8. The van der Waals surface area contributed by atoms with Crippen LogP contribution in [0.3, 0.4) is 0 Å². The highest BCUT2D eigenvalue weighted by molar-refractivity contribution is 8.00. The Kier molecular flexibility index (Phi) is 7.08. The summed E-state index contributed by atoms with van der Waals surface area (Å²) in [7, 11) is 0. The Morgan fingerprint density at radius 1 is 1.10 bits per heavy atom. The molecule has 0 radical (unpaired) electrons. The molecule has 3 rings (SSSR count). The number of amides is 1. The summed E-state index contributed by atoms with van der Waals surface area (Å²) in [6.07, 6.45) is 1.70. The zero-order chi connectivity index (χ0) is 20.6. The zero-order valence-corrected chi connectivity index (χ0v) is 17.2. The van der Waals surface area contributed by atoms with Crippen LogP contribution in [0.4, 0.5) is 5.69 Å². The van der Waals surface area contributed by atoms with E-state index < -0.39 is 5.25 Å². The SMILES string of the molecule is CCOc1ccccc1NC(=O)C(Sc1nc(=O)ccn1CC)c1ccccc1. The number of benzene rings is 2. The summed E-state index contributed by atoms with van der Waals surface area (Å²) in [5.41, 5.74) is 1.10. The molecule has 150 valence electrons. The Hall–Kier alpha value is -3.06. The van der Waals surface area contributed by atoms with Crippen molar-refractivity contribution in [2.45, 2.75) is 30.8 Å². The highest BCUT2D eigenvalue weighted by atomic mass is 32.2. The lowest BCUT2D eigenvalue weighted by molar-refractivity contribution is -0.115. The second-order valence-corrected chi connectivity index (χ2v) is 7.23. The molecule has 0 saturated heterocycles. The molecule has 0 aliphatic heterocycles. The number of carbonyl (C=O) groups is 1. The molecule has 0 saturated carbocycles. The molecule has 29 heavy (non-hydrogen) atoms. The minimum atomic E-state index is -0.585. The van der Waals surface area contributed by atoms with Gasteiger partial charge in [-0.1, -0.05) is 54.2 Å². The second-order valence-electron chi connectivity index (χ2n) is 6.16. The second kappa shape index (κ2) is 9.93. The number of aromatic nitrogens is 2. The van der Waals surface area contributed by atoms with E-state index in [1.807, 2.05) is 66.9 Å². The van der Waals surface area contributed by atoms with E-state index in [0.29, 0.717) is 29.7 Å². The van der Waals surface area contributed by atoms with Crippen LogP contribution >= 0.6 is 11.8 Å². The summed E-state index contributed by atoms with van der Waals surface area (Å²) in [6, 6.07) is 18.2. The number of hydrogen-bond acceptors (Lipinski definition) is 5. The normalized spacial score (nSPS) is 11.7. The minimum Gasteiger partial charge on any atom is -0.492 e. The van der Waals surface area contributed by atoms with Gasteiger partial charge in [-0.05, 0) is 31.5 Å². The van der Waals surface area contributed by atoms with E-state index >= 15 is 0 Å². The standard InChI is InChI=1S/C22H23N3O3S/c1-3-25-15-14-19(26)24-22(25)29-20(16-10-6-5-7-11-16)21(27)23-17-12-8-9-13-18(17)28-4-2/h5-15,20H,3-4H2,1-2H3,(H,23,27). The molecule has 3 aromatic rings. The molecule has 1 heterocycles. The molecule has 2 aromatic carbocycles. The summed E-state index contributed by atoms with van der Waals surface area (Å²) in [5, 5.41) is 2.88. The van der Waals surface area contributed by atoms with Gasteiger partial charge in [0.25, 0.3) is 5.56 Å². The van der Waals surface area contributed by atoms with Gasteiger partial charge in [0.1, 0.15) is 11.0 Å². The third kappa shape index (κ3) is 5.26. The maximum Gasteiger partial charge on any atom is 0.273 e. The van der Waals surface area contributed by atoms with E-state index in [9.17, 15) is 9.59 Å². The van der Waals surface area contributed by atoms with Gasteiger partial charge in [-0.25, -0.2) is 0 Å². The summed E-state index contributed by atoms with van der Waals surface area (Å²) < 4.78 is 7.47. The first-order valence-electron chi connectivity index (χ1n) is 9.44. The fourth-order valence-electron chi connectivity index (χ4n) is 2.80. The van der Waals surface area contributed by atoms with Crippen molar-refractivity contribution in [3.63, 3.8) is 0 Å². The van der Waals surface area contributed by atoms with Crippen LogP contribution in [0.25, 0.3) is 0 Å². The summed E-state index contributed by atoms with van der Waals surface area (Å²) in [4.78, 5) is 29.2. The van der Waals surface area contributed by atoms with Gasteiger partial charge < -0.3 is 14.6 Å². The quantitative estimate of drug-likeness (QED) is 0.447. The number of para-hydroxylation sites is 2. The van der Waals surface area contributed by atoms with Crippen molar-refractivity contribution >= 4 is 23.4 Å². The van der Waals surface area contributed by atoms with Crippen molar-refractivity contribution in [3.8, 4) is 5.75 Å². The Morgan fingerprint density at radius 3 is 2.55 bits per heavy atom. The Morgan fingerprint density at radius 2 is 1.83 bits per heavy atom. The Balaban J connectivity index is 1.94. The van der Waals surface area contributed by atoms with Gasteiger partial charge in [0, 0.05) is 18.8 Å². The van der Waals surface area contributed by atoms with E-state index in [-0.39, 0.29) is 11.5 Å². The molecule has 1 aromatic heterocycles. The van der Waals surface area contributed by atoms with Crippen LogP contribution in [0.2, 0.25) is 0 Å². The average Bonchev–Trinajstić information content (AvgIpc) is 2.74. The number of carbonyl (C=O) groups excluding carboxylic acids is 1. The van der Waals surface area contributed by atoms with Crippen LogP contribution in [-0.2, 0) is 11.3 Å². The van der Waals surface area contributed by atoms with Gasteiger partial charge in [-0.15, -0.1) is 0 Å². The van der Waals surface area contributed by atoms with Crippen molar-refractivity contribution in [1.29, 1.82) is 0 Å². The van der Waals surface area contributed by atoms with Gasteiger partial charge in [-0.3, -0.25) is 9.59 Å². The van der Waals surface area contributed by atoms with Crippen molar-refractivity contribution in [1.82, 2.24) is 9.55 Å². The first-order chi connectivity index (χ1) is 14.1. The highest BCUT2D eigenvalue weighted by Crippen LogP contribution is 2.36. The van der Waals surface area contributed by atoms with Gasteiger partial charge in [0.05, 0.1) is 12.3 Å². The lowest BCUT2D eigenvalue weighted by atomic mass is 10.1. The first kappa shape index (κ1) is 20.7. The van der Waals surface area contributed by atoms with E-state index in [0.717, 1.165) is 5.56 Å². The van der Waals surface area contributed by atoms with Gasteiger partial charge in [0.15, 0.2) is 5.16 Å². The fraction of sp³-hybridized carbons (Fsp3) is 0.227. The van der Waals surface area contributed by atoms with E-state index in [1.54, 1.807) is 12.3 Å². The lowest BCUT2D eigenvalue weighted by Crippen LogP contribution is -2.21. The van der Waals surface area contributed by atoms with E-state index in [1.165, 1.54) is 17.8 Å². The number of nitrogens with zero attached hydrogens (tertiary/aromatic N) is 2. The predicted octanol–water partition coefficient (Wildman–Crippen LogP) is 4.13. The van der Waals surface area contributed by atoms with Crippen LogP contribution in [0.15, 0.2) is 76.8 Å². The molecule has 6 nitrogen and oxygen atoms in total. The number of thioether (sulfide) groups is 1. The molecule has 0 aliphatic rings. The lowest BCUT2D eigenvalue weighted by Gasteiger charge is -2.19. The maximum atomic E-state index is 13.3. The van der Waals surface area contributed by atoms with Crippen molar-refractivity contribution < 1.29 is 9.53 Å². The third-order valence-corrected chi connectivity index (χ3v) is 5.46. The van der Waals surface area contributed by atoms with Crippen LogP contribution < -0.4 is 15.6 Å². The summed E-state index contributed by atoms with van der Waals surface area (Å²) >= 11 is 1.25. The summed E-state index contributed by atoms with van der Waals surface area (Å²) in [6.45, 7) is 5.00. The molecular formula is C22H23N3O3S. The Labute approximate surface area is 173 Å². The summed E-state index contributed by atoms with van der Waals surface area (Å²) in [5.74, 6) is 0.401. The van der Waals surface area contributed by atoms with E-state index in [4.69, 9.17) is 4.74 Å². The molecule has 7 heteroatoms. The van der Waals surface area contributed by atoms with Crippen molar-refractivity contribution in [3.05, 3.63) is 82.8 Å². The number of hydrogen-bond donors (Lipinski definition) is 1. The first-order valence-corrected chi connectivity index (χ1v) is 10.3. The van der Waals surface area contributed by atoms with Crippen LogP contribution in [0, 0.1) is 0 Å². The fourth-order valence-corrected chi connectivity index (χ4v) is 3.94. The highest BCUT2D eigenvalue weighted by Gasteiger charge is 2.25. The van der Waals surface area contributed by atoms with Gasteiger partial charge >= 0.3 is 0 Å². The zero-order valence-electron chi connectivity index (χ0n) is 16.4. The van der Waals surface area contributed by atoms with Crippen LogP contribution in [0.1, 0.15) is 24.7 Å². The minimum absolute atomic E-state index is 0.214. The van der Waals surface area contributed by atoms with Gasteiger partial charge in [-0.2, -0.15) is 4.98 Å². The molecule has 0 bridgehead atoms. The number of ether oxygens (including phenoxy) is 1. The number of nitrogens with one attached hydrogen (secondary N) is 1. The van der Waals surface area contributed by atoms with Gasteiger partial charge in [0.2, 0.25) is 5.91 Å². The number of aryl methyl sites for hydroxylation is 1.